The maximum Gasteiger partial charge on any atom is 0.266 e. The second-order valence-corrected chi connectivity index (χ2v) is 5.04. The van der Waals surface area contributed by atoms with Crippen LogP contribution in [0.15, 0.2) is 42.5 Å². The lowest BCUT2D eigenvalue weighted by molar-refractivity contribution is 0.0796. The Balaban J connectivity index is 2.11. The Hall–Kier alpha value is -1.91. The smallest absolute Gasteiger partial charge is 0.266 e. The highest BCUT2D eigenvalue weighted by Crippen LogP contribution is 2.18. The third-order valence-corrected chi connectivity index (χ3v) is 3.56. The number of rotatable bonds is 7. The summed E-state index contributed by atoms with van der Waals surface area (Å²) in [6.45, 7) is 4.33. The molecule has 0 aliphatic carbocycles. The van der Waals surface area contributed by atoms with Crippen molar-refractivity contribution in [3.63, 3.8) is 0 Å². The van der Waals surface area contributed by atoms with Gasteiger partial charge in [-0.05, 0) is 36.2 Å². The molecule has 4 nitrogen and oxygen atoms in total. The first-order valence-corrected chi connectivity index (χ1v) is 7.50. The van der Waals surface area contributed by atoms with E-state index in [4.69, 9.17) is 5.73 Å². The van der Waals surface area contributed by atoms with Crippen LogP contribution in [0.3, 0.4) is 0 Å². The standard InChI is InChI=1S/C17H23N3O/c1-2-20(13-6-5-12-18)19-17(21)16-11-7-9-14-8-3-4-10-15(14)16/h3-4,7-11H,2,5-6,12-13,18H2,1H3,(H,19,21). The second-order valence-electron chi connectivity index (χ2n) is 5.04. The summed E-state index contributed by atoms with van der Waals surface area (Å²) >= 11 is 0. The first-order chi connectivity index (χ1) is 10.3. The summed E-state index contributed by atoms with van der Waals surface area (Å²) < 4.78 is 0. The molecule has 0 aliphatic heterocycles. The topological polar surface area (TPSA) is 58.4 Å². The van der Waals surface area contributed by atoms with Crippen molar-refractivity contribution in [3.05, 3.63) is 48.0 Å². The van der Waals surface area contributed by atoms with Crippen LogP contribution in [0.2, 0.25) is 0 Å². The largest absolute Gasteiger partial charge is 0.330 e. The van der Waals surface area contributed by atoms with Crippen molar-refractivity contribution in [2.75, 3.05) is 19.6 Å². The minimum Gasteiger partial charge on any atom is -0.330 e. The first-order valence-electron chi connectivity index (χ1n) is 7.50. The molecule has 0 radical (unpaired) electrons. The van der Waals surface area contributed by atoms with Crippen LogP contribution in [0.4, 0.5) is 0 Å². The van der Waals surface area contributed by atoms with E-state index < -0.39 is 0 Å². The molecule has 4 heteroatoms. The van der Waals surface area contributed by atoms with E-state index in [0.29, 0.717) is 12.1 Å². The Labute approximate surface area is 125 Å². The van der Waals surface area contributed by atoms with Crippen LogP contribution in [-0.2, 0) is 0 Å². The van der Waals surface area contributed by atoms with Crippen LogP contribution in [0.5, 0.6) is 0 Å². The van der Waals surface area contributed by atoms with Gasteiger partial charge in [0, 0.05) is 18.7 Å². The molecule has 0 bridgehead atoms. The average molecular weight is 285 g/mol. The highest BCUT2D eigenvalue weighted by molar-refractivity contribution is 6.06. The minimum absolute atomic E-state index is 0.0543. The van der Waals surface area contributed by atoms with Crippen molar-refractivity contribution in [2.24, 2.45) is 5.73 Å². The average Bonchev–Trinajstić information content (AvgIpc) is 2.53. The molecule has 1 amide bonds. The molecule has 0 atom stereocenters. The van der Waals surface area contributed by atoms with Gasteiger partial charge in [0.2, 0.25) is 0 Å². The molecule has 2 aromatic rings. The molecule has 0 unspecified atom stereocenters. The number of carbonyl (C=O) groups excluding carboxylic acids is 1. The normalized spacial score (nSPS) is 11.0. The number of nitrogens with zero attached hydrogens (tertiary/aromatic N) is 1. The van der Waals surface area contributed by atoms with Gasteiger partial charge in [0.15, 0.2) is 0 Å². The first kappa shape index (κ1) is 15.5. The number of fused-ring (bicyclic) bond motifs is 1. The fraction of sp³-hybridized carbons (Fsp3) is 0.353. The summed E-state index contributed by atoms with van der Waals surface area (Å²) in [6, 6.07) is 13.7. The SMILES string of the molecule is CCN(CCCCN)NC(=O)c1cccc2ccccc12. The summed E-state index contributed by atoms with van der Waals surface area (Å²) in [4.78, 5) is 12.5. The fourth-order valence-electron chi connectivity index (χ4n) is 2.37. The van der Waals surface area contributed by atoms with Gasteiger partial charge in [-0.25, -0.2) is 5.01 Å². The van der Waals surface area contributed by atoms with Crippen molar-refractivity contribution < 1.29 is 4.79 Å². The summed E-state index contributed by atoms with van der Waals surface area (Å²) in [5.74, 6) is -0.0543. The summed E-state index contributed by atoms with van der Waals surface area (Å²) in [5.41, 5.74) is 9.21. The van der Waals surface area contributed by atoms with Crippen molar-refractivity contribution in [2.45, 2.75) is 19.8 Å². The van der Waals surface area contributed by atoms with Crippen LogP contribution in [0, 0.1) is 0 Å². The number of amides is 1. The van der Waals surface area contributed by atoms with Crippen molar-refractivity contribution in [1.29, 1.82) is 0 Å². The third-order valence-electron chi connectivity index (χ3n) is 3.56. The van der Waals surface area contributed by atoms with Gasteiger partial charge in [-0.3, -0.25) is 10.2 Å². The third kappa shape index (κ3) is 4.03. The number of unbranched alkanes of at least 4 members (excludes halogenated alkanes) is 1. The maximum atomic E-state index is 12.5. The van der Waals surface area contributed by atoms with Gasteiger partial charge in [-0.2, -0.15) is 0 Å². The number of benzene rings is 2. The molecule has 0 heterocycles. The molecular formula is C17H23N3O. The predicted octanol–water partition coefficient (Wildman–Crippen LogP) is 2.55. The molecule has 112 valence electrons. The van der Waals surface area contributed by atoms with Gasteiger partial charge in [0.1, 0.15) is 0 Å². The molecule has 0 aromatic heterocycles. The Morgan fingerprint density at radius 1 is 1.14 bits per heavy atom. The maximum absolute atomic E-state index is 12.5. The molecule has 3 N–H and O–H groups in total. The summed E-state index contributed by atoms with van der Waals surface area (Å²) in [6.07, 6.45) is 1.96. The zero-order chi connectivity index (χ0) is 15.1. The van der Waals surface area contributed by atoms with Crippen LogP contribution < -0.4 is 11.2 Å². The molecule has 0 saturated heterocycles. The van der Waals surface area contributed by atoms with Gasteiger partial charge in [-0.1, -0.05) is 43.3 Å². The summed E-state index contributed by atoms with van der Waals surface area (Å²) in [5, 5.41) is 4.01. The van der Waals surface area contributed by atoms with E-state index in [1.807, 2.05) is 54.4 Å². The molecule has 0 spiro atoms. The van der Waals surface area contributed by atoms with E-state index in [1.165, 1.54) is 0 Å². The quantitative estimate of drug-likeness (QED) is 0.607. The van der Waals surface area contributed by atoms with Gasteiger partial charge in [-0.15, -0.1) is 0 Å². The van der Waals surface area contributed by atoms with Crippen molar-refractivity contribution in [1.82, 2.24) is 10.4 Å². The Morgan fingerprint density at radius 3 is 2.67 bits per heavy atom. The molecule has 21 heavy (non-hydrogen) atoms. The Bertz CT molecular complexity index is 592. The molecule has 2 rings (SSSR count). The number of hydrogen-bond acceptors (Lipinski definition) is 3. The number of nitrogens with two attached hydrogens (primary N) is 1. The number of hydrazine groups is 1. The lowest BCUT2D eigenvalue weighted by atomic mass is 10.0. The van der Waals surface area contributed by atoms with Gasteiger partial charge in [0.25, 0.3) is 5.91 Å². The zero-order valence-corrected chi connectivity index (χ0v) is 12.5. The Kier molecular flexibility index (Phi) is 5.72. The molecule has 2 aromatic carbocycles. The number of carbonyl (C=O) groups is 1. The van der Waals surface area contributed by atoms with E-state index in [9.17, 15) is 4.79 Å². The lowest BCUT2D eigenvalue weighted by Gasteiger charge is -2.21. The van der Waals surface area contributed by atoms with Crippen LogP contribution >= 0.6 is 0 Å². The van der Waals surface area contributed by atoms with E-state index in [0.717, 1.165) is 36.7 Å². The zero-order valence-electron chi connectivity index (χ0n) is 12.5. The number of nitrogens with one attached hydrogen (secondary N) is 1. The van der Waals surface area contributed by atoms with Crippen LogP contribution in [0.1, 0.15) is 30.1 Å². The number of hydrogen-bond donors (Lipinski definition) is 2. The van der Waals surface area contributed by atoms with Crippen molar-refractivity contribution >= 4 is 16.7 Å². The predicted molar refractivity (Wildman–Crippen MR) is 86.9 cm³/mol. The fourth-order valence-corrected chi connectivity index (χ4v) is 2.37. The van der Waals surface area contributed by atoms with Crippen LogP contribution in [0.25, 0.3) is 10.8 Å². The van der Waals surface area contributed by atoms with Crippen molar-refractivity contribution in [3.8, 4) is 0 Å². The monoisotopic (exact) mass is 285 g/mol. The van der Waals surface area contributed by atoms with E-state index in [2.05, 4.69) is 5.43 Å². The van der Waals surface area contributed by atoms with Crippen LogP contribution in [-0.4, -0.2) is 30.6 Å². The molecule has 0 saturated carbocycles. The van der Waals surface area contributed by atoms with E-state index in [-0.39, 0.29) is 5.91 Å². The van der Waals surface area contributed by atoms with E-state index >= 15 is 0 Å². The molecule has 0 fully saturated rings. The second kappa shape index (κ2) is 7.76. The van der Waals surface area contributed by atoms with E-state index in [1.54, 1.807) is 0 Å². The van der Waals surface area contributed by atoms with Gasteiger partial charge in [0.05, 0.1) is 0 Å². The highest BCUT2D eigenvalue weighted by Gasteiger charge is 2.12. The minimum atomic E-state index is -0.0543. The molecular weight excluding hydrogens is 262 g/mol. The molecule has 0 aliphatic rings. The summed E-state index contributed by atoms with van der Waals surface area (Å²) in [7, 11) is 0. The highest BCUT2D eigenvalue weighted by atomic mass is 16.2. The lowest BCUT2D eigenvalue weighted by Crippen LogP contribution is -2.42. The van der Waals surface area contributed by atoms with Gasteiger partial charge < -0.3 is 5.73 Å². The Morgan fingerprint density at radius 2 is 1.90 bits per heavy atom. The van der Waals surface area contributed by atoms with Gasteiger partial charge >= 0.3 is 0 Å².